The average Bonchev–Trinajstić information content (AvgIpc) is 2.72. The van der Waals surface area contributed by atoms with Crippen LogP contribution in [0.5, 0.6) is 0 Å². The van der Waals surface area contributed by atoms with Gasteiger partial charge in [-0.1, -0.05) is 17.8 Å². The molecule has 0 fully saturated rings. The first-order chi connectivity index (χ1) is 8.81. The first kappa shape index (κ1) is 15.6. The highest BCUT2D eigenvalue weighted by Crippen LogP contribution is 2.19. The van der Waals surface area contributed by atoms with Gasteiger partial charge in [-0.15, -0.1) is 16.8 Å². The van der Waals surface area contributed by atoms with Crippen molar-refractivity contribution in [3.05, 3.63) is 18.5 Å². The van der Waals surface area contributed by atoms with Gasteiger partial charge in [0.15, 0.2) is 0 Å². The number of hydrogen-bond donors (Lipinski definition) is 1. The molecule has 1 heterocycles. The molecule has 0 aliphatic heterocycles. The zero-order chi connectivity index (χ0) is 14.5. The van der Waals surface area contributed by atoms with Crippen LogP contribution in [0.25, 0.3) is 0 Å². The Kier molecular flexibility index (Phi) is 5.41. The molecule has 0 aromatic carbocycles. The molecule has 0 aliphatic carbocycles. The second-order valence-corrected chi connectivity index (χ2v) is 5.85. The summed E-state index contributed by atoms with van der Waals surface area (Å²) in [7, 11) is 0. The third kappa shape index (κ3) is 5.78. The second-order valence-electron chi connectivity index (χ2n) is 4.87. The normalized spacial score (nSPS) is 12.8. The van der Waals surface area contributed by atoms with E-state index in [1.165, 1.54) is 11.8 Å². The van der Waals surface area contributed by atoms with E-state index < -0.39 is 17.7 Å². The van der Waals surface area contributed by atoms with Crippen molar-refractivity contribution in [3.63, 3.8) is 0 Å². The smallest absolute Gasteiger partial charge is 0.408 e. The molecule has 1 rings (SSSR count). The molecule has 7 heteroatoms. The molecule has 0 unspecified atom stereocenters. The highest BCUT2D eigenvalue weighted by atomic mass is 32.2. The van der Waals surface area contributed by atoms with E-state index in [0.29, 0.717) is 16.9 Å². The van der Waals surface area contributed by atoms with Crippen LogP contribution in [0.1, 0.15) is 39.6 Å². The minimum Gasteiger partial charge on any atom is -0.444 e. The van der Waals surface area contributed by atoms with Gasteiger partial charge in [0.1, 0.15) is 11.6 Å². The number of rotatable bonds is 5. The summed E-state index contributed by atoms with van der Waals surface area (Å²) in [4.78, 5) is 11.6. The molecule has 1 aromatic rings. The number of nitrogens with one attached hydrogen (secondary N) is 1. The number of alkyl carbamates (subject to hydrolysis) is 1. The minimum atomic E-state index is -0.538. The third-order valence-electron chi connectivity index (χ3n) is 1.85. The maximum atomic E-state index is 11.6. The van der Waals surface area contributed by atoms with E-state index >= 15 is 0 Å². The van der Waals surface area contributed by atoms with E-state index in [1.54, 1.807) is 33.8 Å². The van der Waals surface area contributed by atoms with Crippen molar-refractivity contribution in [2.45, 2.75) is 44.6 Å². The molecular weight excluding hydrogens is 266 g/mol. The van der Waals surface area contributed by atoms with Gasteiger partial charge < -0.3 is 14.5 Å². The van der Waals surface area contributed by atoms with Crippen molar-refractivity contribution in [3.8, 4) is 0 Å². The number of carbonyl (C=O) groups excluding carboxylic acids is 1. The van der Waals surface area contributed by atoms with Gasteiger partial charge in [0.2, 0.25) is 5.89 Å². The van der Waals surface area contributed by atoms with Gasteiger partial charge in [-0.2, -0.15) is 0 Å². The number of ether oxygens (including phenoxy) is 1. The summed E-state index contributed by atoms with van der Waals surface area (Å²) >= 11 is 1.39. The first-order valence-electron chi connectivity index (χ1n) is 5.88. The standard InChI is InChI=1S/C12H19N3O3S/c1-6-7-19-11-15-14-9(17-11)8(2)13-10(16)18-12(3,4)5/h6,8H,1,7H2,2-5H3,(H,13,16)/t8-/m1/s1. The molecule has 1 N–H and O–H groups in total. The molecule has 1 amide bonds. The summed E-state index contributed by atoms with van der Waals surface area (Å²) in [6.45, 7) is 10.8. The first-order valence-corrected chi connectivity index (χ1v) is 6.87. The SMILES string of the molecule is C=CCSc1nnc([C@@H](C)NC(=O)OC(C)(C)C)o1. The second kappa shape index (κ2) is 6.60. The largest absolute Gasteiger partial charge is 0.444 e. The Hall–Kier alpha value is -1.50. The Morgan fingerprint density at radius 2 is 2.26 bits per heavy atom. The van der Waals surface area contributed by atoms with Crippen LogP contribution in [0.15, 0.2) is 22.3 Å². The molecule has 0 saturated heterocycles. The Morgan fingerprint density at radius 1 is 1.58 bits per heavy atom. The molecule has 1 atom stereocenters. The van der Waals surface area contributed by atoms with E-state index in [1.807, 2.05) is 0 Å². The van der Waals surface area contributed by atoms with Gasteiger partial charge in [0.25, 0.3) is 5.22 Å². The van der Waals surface area contributed by atoms with E-state index in [-0.39, 0.29) is 0 Å². The Morgan fingerprint density at radius 3 is 2.84 bits per heavy atom. The van der Waals surface area contributed by atoms with Gasteiger partial charge in [0.05, 0.1) is 0 Å². The molecule has 0 spiro atoms. The fourth-order valence-corrected chi connectivity index (χ4v) is 1.63. The highest BCUT2D eigenvalue weighted by molar-refractivity contribution is 7.99. The predicted octanol–water partition coefficient (Wildman–Crippen LogP) is 2.93. The van der Waals surface area contributed by atoms with Gasteiger partial charge in [-0.3, -0.25) is 0 Å². The van der Waals surface area contributed by atoms with Gasteiger partial charge >= 0.3 is 6.09 Å². The Labute approximate surface area is 117 Å². The van der Waals surface area contributed by atoms with E-state index in [0.717, 1.165) is 0 Å². The summed E-state index contributed by atoms with van der Waals surface area (Å²) in [5, 5.41) is 10.8. The summed E-state index contributed by atoms with van der Waals surface area (Å²) in [6, 6.07) is -0.402. The van der Waals surface area contributed by atoms with E-state index in [4.69, 9.17) is 9.15 Å². The number of aromatic nitrogens is 2. The lowest BCUT2D eigenvalue weighted by Gasteiger charge is -2.20. The van der Waals surface area contributed by atoms with Crippen molar-refractivity contribution >= 4 is 17.9 Å². The maximum Gasteiger partial charge on any atom is 0.408 e. The molecule has 0 saturated carbocycles. The van der Waals surface area contributed by atoms with Crippen molar-refractivity contribution in [1.82, 2.24) is 15.5 Å². The predicted molar refractivity (Wildman–Crippen MR) is 73.0 cm³/mol. The van der Waals surface area contributed by atoms with Crippen molar-refractivity contribution in [2.75, 3.05) is 5.75 Å². The Bertz CT molecular complexity index is 440. The van der Waals surface area contributed by atoms with Crippen LogP contribution in [0.3, 0.4) is 0 Å². The summed E-state index contributed by atoms with van der Waals surface area (Å²) in [5.74, 6) is 1.03. The molecule has 106 valence electrons. The lowest BCUT2D eigenvalue weighted by Crippen LogP contribution is -2.34. The van der Waals surface area contributed by atoms with Crippen LogP contribution in [-0.4, -0.2) is 27.6 Å². The number of carbonyl (C=O) groups is 1. The third-order valence-corrected chi connectivity index (χ3v) is 2.66. The fraction of sp³-hybridized carbons (Fsp3) is 0.583. The Balaban J connectivity index is 2.53. The molecule has 0 radical (unpaired) electrons. The lowest BCUT2D eigenvalue weighted by atomic mass is 10.2. The average molecular weight is 285 g/mol. The number of nitrogens with zero attached hydrogens (tertiary/aromatic N) is 2. The summed E-state index contributed by atoms with van der Waals surface area (Å²) in [6.07, 6.45) is 1.23. The lowest BCUT2D eigenvalue weighted by molar-refractivity contribution is 0.0500. The van der Waals surface area contributed by atoms with Crippen LogP contribution in [-0.2, 0) is 4.74 Å². The summed E-state index contributed by atoms with van der Waals surface area (Å²) in [5.41, 5.74) is -0.538. The van der Waals surface area contributed by atoms with E-state index in [2.05, 4.69) is 22.1 Å². The van der Waals surface area contributed by atoms with Crippen molar-refractivity contribution < 1.29 is 13.9 Å². The van der Waals surface area contributed by atoms with Crippen molar-refractivity contribution in [2.24, 2.45) is 0 Å². The van der Waals surface area contributed by atoms with Crippen LogP contribution >= 0.6 is 11.8 Å². The van der Waals surface area contributed by atoms with Crippen LogP contribution < -0.4 is 5.32 Å². The van der Waals surface area contributed by atoms with Gasteiger partial charge in [0, 0.05) is 5.75 Å². The molecule has 0 aliphatic rings. The van der Waals surface area contributed by atoms with Gasteiger partial charge in [-0.05, 0) is 27.7 Å². The van der Waals surface area contributed by atoms with Gasteiger partial charge in [-0.25, -0.2) is 4.79 Å². The minimum absolute atomic E-state index is 0.345. The quantitative estimate of drug-likeness (QED) is 0.662. The number of hydrogen-bond acceptors (Lipinski definition) is 6. The zero-order valence-corrected chi connectivity index (χ0v) is 12.4. The zero-order valence-electron chi connectivity index (χ0n) is 11.6. The monoisotopic (exact) mass is 285 g/mol. The number of amides is 1. The topological polar surface area (TPSA) is 77.2 Å². The molecule has 0 bridgehead atoms. The van der Waals surface area contributed by atoms with Crippen LogP contribution in [0, 0.1) is 0 Å². The molecule has 19 heavy (non-hydrogen) atoms. The maximum absolute atomic E-state index is 11.6. The molecule has 1 aromatic heterocycles. The fourth-order valence-electron chi connectivity index (χ4n) is 1.13. The van der Waals surface area contributed by atoms with Crippen molar-refractivity contribution in [1.29, 1.82) is 0 Å². The summed E-state index contributed by atoms with van der Waals surface area (Å²) < 4.78 is 10.5. The highest BCUT2D eigenvalue weighted by Gasteiger charge is 2.21. The van der Waals surface area contributed by atoms with Crippen LogP contribution in [0.2, 0.25) is 0 Å². The van der Waals surface area contributed by atoms with E-state index in [9.17, 15) is 4.79 Å². The molecule has 6 nitrogen and oxygen atoms in total. The molecular formula is C12H19N3O3S. The van der Waals surface area contributed by atoms with Crippen LogP contribution in [0.4, 0.5) is 4.79 Å². The number of thioether (sulfide) groups is 1.